The van der Waals surface area contributed by atoms with E-state index >= 15 is 0 Å². The Kier molecular flexibility index (Phi) is 4.80. The first-order valence-electron chi connectivity index (χ1n) is 9.20. The summed E-state index contributed by atoms with van der Waals surface area (Å²) >= 11 is 1.35. The Morgan fingerprint density at radius 2 is 2.08 bits per heavy atom. The van der Waals surface area contributed by atoms with Crippen molar-refractivity contribution >= 4 is 39.7 Å². The average molecular weight is 369 g/mol. The van der Waals surface area contributed by atoms with Crippen LogP contribution in [-0.2, 0) is 4.79 Å². The van der Waals surface area contributed by atoms with Crippen LogP contribution < -0.4 is 5.32 Å². The number of aromatic nitrogens is 4. The Hall–Kier alpha value is -2.15. The number of thioether (sulfide) groups is 1. The van der Waals surface area contributed by atoms with E-state index in [0.717, 1.165) is 22.8 Å². The molecule has 0 aliphatic heterocycles. The number of amides is 1. The second kappa shape index (κ2) is 7.23. The van der Waals surface area contributed by atoms with Crippen LogP contribution in [0.3, 0.4) is 0 Å². The third kappa shape index (κ3) is 3.40. The number of rotatable bonds is 4. The predicted octanol–water partition coefficient (Wildman–Crippen LogP) is 3.68. The van der Waals surface area contributed by atoms with Crippen molar-refractivity contribution in [1.29, 1.82) is 0 Å². The van der Waals surface area contributed by atoms with Crippen LogP contribution in [0.25, 0.3) is 22.1 Å². The molecule has 1 amide bonds. The predicted molar refractivity (Wildman–Crippen MR) is 104 cm³/mol. The molecule has 1 saturated carbocycles. The minimum atomic E-state index is -0.257. The lowest BCUT2D eigenvalue weighted by Gasteiger charge is -2.30. The molecule has 1 fully saturated rings. The number of nitrogens with zero attached hydrogens (tertiary/aromatic N) is 3. The highest BCUT2D eigenvalue weighted by Gasteiger charge is 2.25. The van der Waals surface area contributed by atoms with Gasteiger partial charge in [-0.3, -0.25) is 4.79 Å². The van der Waals surface area contributed by atoms with Gasteiger partial charge < -0.3 is 10.3 Å². The normalized spacial score (nSPS) is 21.8. The second-order valence-corrected chi connectivity index (χ2v) is 8.41. The van der Waals surface area contributed by atoms with Crippen LogP contribution in [0.5, 0.6) is 0 Å². The Morgan fingerprint density at radius 1 is 1.27 bits per heavy atom. The minimum Gasteiger partial charge on any atom is -0.352 e. The quantitative estimate of drug-likeness (QED) is 0.686. The van der Waals surface area contributed by atoms with Gasteiger partial charge in [0.25, 0.3) is 0 Å². The molecular weight excluding hydrogens is 346 g/mol. The zero-order chi connectivity index (χ0) is 18.1. The Bertz CT molecular complexity index is 940. The SMILES string of the molecule is C[C@@H](Sc1nnc2c(n1)[nH]c1ccccc12)C(=O)N[C@@H]1CCCC[C@@H]1C. The standard InChI is InChI=1S/C19H23N5OS/c1-11-7-3-5-9-14(11)21-18(25)12(2)26-19-22-17-16(23-24-19)13-8-4-6-10-15(13)20-17/h4,6,8,10-12,14H,3,5,7,9H2,1-2H3,(H,21,25)(H,20,22,24)/t11-,12+,14+/m0/s1. The summed E-state index contributed by atoms with van der Waals surface area (Å²) in [5, 5.41) is 13.0. The zero-order valence-electron chi connectivity index (χ0n) is 15.0. The lowest BCUT2D eigenvalue weighted by molar-refractivity contribution is -0.121. The molecule has 6 nitrogen and oxygen atoms in total. The number of carbonyl (C=O) groups excluding carboxylic acids is 1. The first kappa shape index (κ1) is 17.3. The molecule has 136 valence electrons. The number of aromatic amines is 1. The van der Waals surface area contributed by atoms with Crippen LogP contribution in [-0.4, -0.2) is 37.4 Å². The van der Waals surface area contributed by atoms with Gasteiger partial charge in [0.1, 0.15) is 5.52 Å². The second-order valence-electron chi connectivity index (χ2n) is 7.10. The number of para-hydroxylation sites is 1. The molecule has 26 heavy (non-hydrogen) atoms. The third-order valence-electron chi connectivity index (χ3n) is 5.19. The number of hydrogen-bond acceptors (Lipinski definition) is 5. The lowest BCUT2D eigenvalue weighted by Crippen LogP contribution is -2.44. The number of fused-ring (bicyclic) bond motifs is 3. The van der Waals surface area contributed by atoms with Gasteiger partial charge in [-0.25, -0.2) is 4.98 Å². The summed E-state index contributed by atoms with van der Waals surface area (Å²) in [6.07, 6.45) is 4.72. The summed E-state index contributed by atoms with van der Waals surface area (Å²) in [6, 6.07) is 8.22. The first-order valence-corrected chi connectivity index (χ1v) is 10.1. The summed E-state index contributed by atoms with van der Waals surface area (Å²) in [5.74, 6) is 0.597. The van der Waals surface area contributed by atoms with Crippen molar-refractivity contribution in [3.05, 3.63) is 24.3 Å². The Morgan fingerprint density at radius 3 is 2.92 bits per heavy atom. The van der Waals surface area contributed by atoms with Crippen molar-refractivity contribution in [2.45, 2.75) is 56.0 Å². The molecule has 0 spiro atoms. The molecule has 4 rings (SSSR count). The van der Waals surface area contributed by atoms with Crippen LogP contribution in [0.1, 0.15) is 39.5 Å². The number of H-pyrrole nitrogens is 1. The van der Waals surface area contributed by atoms with Crippen LogP contribution in [0.15, 0.2) is 29.4 Å². The van der Waals surface area contributed by atoms with E-state index in [1.165, 1.54) is 31.0 Å². The Labute approximate surface area is 156 Å². The molecule has 2 aromatic heterocycles. The van der Waals surface area contributed by atoms with Gasteiger partial charge in [-0.05, 0) is 31.7 Å². The molecule has 1 aliphatic rings. The smallest absolute Gasteiger partial charge is 0.233 e. The topological polar surface area (TPSA) is 83.6 Å². The Balaban J connectivity index is 1.47. The maximum atomic E-state index is 12.5. The maximum absolute atomic E-state index is 12.5. The number of nitrogens with one attached hydrogen (secondary N) is 2. The van der Waals surface area contributed by atoms with Crippen molar-refractivity contribution in [3.63, 3.8) is 0 Å². The van der Waals surface area contributed by atoms with E-state index in [1.54, 1.807) is 0 Å². The molecule has 7 heteroatoms. The molecule has 2 N–H and O–H groups in total. The molecule has 0 saturated heterocycles. The number of carbonyl (C=O) groups is 1. The van der Waals surface area contributed by atoms with Crippen molar-refractivity contribution in [3.8, 4) is 0 Å². The first-order chi connectivity index (χ1) is 12.6. The molecule has 2 heterocycles. The van der Waals surface area contributed by atoms with Gasteiger partial charge in [0, 0.05) is 16.9 Å². The summed E-state index contributed by atoms with van der Waals surface area (Å²) in [5.41, 5.74) is 2.46. The van der Waals surface area contributed by atoms with Gasteiger partial charge >= 0.3 is 0 Å². The number of benzene rings is 1. The fourth-order valence-corrected chi connectivity index (χ4v) is 4.32. The summed E-state index contributed by atoms with van der Waals surface area (Å²) in [6.45, 7) is 4.12. The molecule has 3 atom stereocenters. The van der Waals surface area contributed by atoms with Gasteiger partial charge in [0.2, 0.25) is 11.1 Å². The summed E-state index contributed by atoms with van der Waals surface area (Å²) < 4.78 is 0. The van der Waals surface area contributed by atoms with E-state index in [2.05, 4.69) is 32.4 Å². The summed E-state index contributed by atoms with van der Waals surface area (Å²) in [7, 11) is 0. The maximum Gasteiger partial charge on any atom is 0.233 e. The van der Waals surface area contributed by atoms with Gasteiger partial charge in [0.15, 0.2) is 5.65 Å². The number of hydrogen-bond donors (Lipinski definition) is 2. The van der Waals surface area contributed by atoms with E-state index in [0.29, 0.717) is 16.7 Å². The van der Waals surface area contributed by atoms with Gasteiger partial charge in [0.05, 0.1) is 5.25 Å². The molecule has 1 aliphatic carbocycles. The van der Waals surface area contributed by atoms with Gasteiger partial charge in [-0.1, -0.05) is 49.7 Å². The highest BCUT2D eigenvalue weighted by Crippen LogP contribution is 2.27. The van der Waals surface area contributed by atoms with E-state index in [-0.39, 0.29) is 17.2 Å². The average Bonchev–Trinajstić information content (AvgIpc) is 3.01. The van der Waals surface area contributed by atoms with Crippen molar-refractivity contribution in [2.75, 3.05) is 0 Å². The van der Waals surface area contributed by atoms with E-state index in [1.807, 2.05) is 31.2 Å². The molecule has 3 aromatic rings. The molecule has 0 unspecified atom stereocenters. The van der Waals surface area contributed by atoms with E-state index in [4.69, 9.17) is 0 Å². The van der Waals surface area contributed by atoms with Crippen LogP contribution in [0, 0.1) is 5.92 Å². The van der Waals surface area contributed by atoms with Gasteiger partial charge in [-0.15, -0.1) is 10.2 Å². The fourth-order valence-electron chi connectivity index (χ4n) is 3.60. The third-order valence-corrected chi connectivity index (χ3v) is 6.14. The van der Waals surface area contributed by atoms with Crippen molar-refractivity contribution in [1.82, 2.24) is 25.5 Å². The lowest BCUT2D eigenvalue weighted by atomic mass is 9.86. The molecule has 0 bridgehead atoms. The van der Waals surface area contributed by atoms with E-state index < -0.39 is 0 Å². The minimum absolute atomic E-state index is 0.0501. The van der Waals surface area contributed by atoms with Crippen LogP contribution >= 0.6 is 11.8 Å². The molecule has 0 radical (unpaired) electrons. The highest BCUT2D eigenvalue weighted by atomic mass is 32.2. The molecular formula is C19H23N5OS. The molecule has 1 aromatic carbocycles. The largest absolute Gasteiger partial charge is 0.352 e. The van der Waals surface area contributed by atoms with E-state index in [9.17, 15) is 4.79 Å². The van der Waals surface area contributed by atoms with Crippen LogP contribution in [0.4, 0.5) is 0 Å². The van der Waals surface area contributed by atoms with Gasteiger partial charge in [-0.2, -0.15) is 0 Å². The van der Waals surface area contributed by atoms with Crippen molar-refractivity contribution in [2.24, 2.45) is 5.92 Å². The zero-order valence-corrected chi connectivity index (χ0v) is 15.8. The van der Waals surface area contributed by atoms with Crippen LogP contribution in [0.2, 0.25) is 0 Å². The monoisotopic (exact) mass is 369 g/mol. The van der Waals surface area contributed by atoms with Crippen molar-refractivity contribution < 1.29 is 4.79 Å². The fraction of sp³-hybridized carbons (Fsp3) is 0.474. The summed E-state index contributed by atoms with van der Waals surface area (Å²) in [4.78, 5) is 20.4. The highest BCUT2D eigenvalue weighted by molar-refractivity contribution is 8.00.